The SMILES string of the molecule is CC(=O)c1csc(C(=O)N(C)C(C)CN)c1.Cl. The molecule has 0 aliphatic rings. The molecule has 0 radical (unpaired) electrons. The molecule has 0 fully saturated rings. The fraction of sp³-hybridized carbons (Fsp3) is 0.455. The molecule has 0 saturated heterocycles. The van der Waals surface area contributed by atoms with E-state index in [4.69, 9.17) is 5.73 Å². The van der Waals surface area contributed by atoms with Gasteiger partial charge in [0.05, 0.1) is 4.88 Å². The van der Waals surface area contributed by atoms with Crippen molar-refractivity contribution in [2.45, 2.75) is 19.9 Å². The first-order valence-corrected chi connectivity index (χ1v) is 5.92. The van der Waals surface area contributed by atoms with Gasteiger partial charge in [-0.05, 0) is 19.9 Å². The molecule has 1 amide bonds. The maximum absolute atomic E-state index is 12.0. The molecule has 1 aromatic rings. The lowest BCUT2D eigenvalue weighted by Gasteiger charge is -2.22. The van der Waals surface area contributed by atoms with Crippen LogP contribution in [0.15, 0.2) is 11.4 Å². The van der Waals surface area contributed by atoms with Crippen LogP contribution in [0.3, 0.4) is 0 Å². The summed E-state index contributed by atoms with van der Waals surface area (Å²) in [6.07, 6.45) is 0. The zero-order valence-electron chi connectivity index (χ0n) is 10.1. The summed E-state index contributed by atoms with van der Waals surface area (Å²) in [4.78, 5) is 25.2. The topological polar surface area (TPSA) is 63.4 Å². The molecule has 2 N–H and O–H groups in total. The third-order valence-corrected chi connectivity index (χ3v) is 3.46. The molecule has 6 heteroatoms. The Morgan fingerprint density at radius 3 is 2.53 bits per heavy atom. The Balaban J connectivity index is 0.00000256. The quantitative estimate of drug-likeness (QED) is 0.853. The predicted octanol–water partition coefficient (Wildman–Crippen LogP) is 1.79. The lowest BCUT2D eigenvalue weighted by molar-refractivity contribution is 0.0753. The molecule has 1 unspecified atom stereocenters. The number of carbonyl (C=O) groups excluding carboxylic acids is 2. The molecule has 1 rings (SSSR count). The van der Waals surface area contributed by atoms with Gasteiger partial charge in [0, 0.05) is 30.6 Å². The maximum Gasteiger partial charge on any atom is 0.263 e. The Labute approximate surface area is 111 Å². The molecule has 0 bridgehead atoms. The minimum absolute atomic E-state index is 0. The van der Waals surface area contributed by atoms with Crippen LogP contribution in [0.2, 0.25) is 0 Å². The fourth-order valence-electron chi connectivity index (χ4n) is 1.17. The first-order valence-electron chi connectivity index (χ1n) is 5.04. The van der Waals surface area contributed by atoms with E-state index in [2.05, 4.69) is 0 Å². The Morgan fingerprint density at radius 2 is 2.12 bits per heavy atom. The number of hydrogen-bond donors (Lipinski definition) is 1. The number of likely N-dealkylation sites (N-methyl/N-ethyl adjacent to an activating group) is 1. The van der Waals surface area contributed by atoms with Gasteiger partial charge in [0.25, 0.3) is 5.91 Å². The van der Waals surface area contributed by atoms with E-state index in [1.165, 1.54) is 18.3 Å². The van der Waals surface area contributed by atoms with Crippen LogP contribution in [0.1, 0.15) is 33.9 Å². The number of nitrogens with two attached hydrogens (primary N) is 1. The summed E-state index contributed by atoms with van der Waals surface area (Å²) in [6.45, 7) is 3.80. The third kappa shape index (κ3) is 3.80. The largest absolute Gasteiger partial charge is 0.337 e. The average Bonchev–Trinajstić information content (AvgIpc) is 2.75. The monoisotopic (exact) mass is 276 g/mol. The van der Waals surface area contributed by atoms with E-state index in [1.54, 1.807) is 23.4 Å². The van der Waals surface area contributed by atoms with Gasteiger partial charge in [-0.3, -0.25) is 9.59 Å². The van der Waals surface area contributed by atoms with E-state index in [-0.39, 0.29) is 30.1 Å². The summed E-state index contributed by atoms with van der Waals surface area (Å²) in [7, 11) is 1.72. The number of hydrogen-bond acceptors (Lipinski definition) is 4. The second kappa shape index (κ2) is 6.74. The van der Waals surface area contributed by atoms with Crippen molar-refractivity contribution in [1.82, 2.24) is 4.90 Å². The summed E-state index contributed by atoms with van der Waals surface area (Å²) < 4.78 is 0. The van der Waals surface area contributed by atoms with E-state index in [0.717, 1.165) is 0 Å². The lowest BCUT2D eigenvalue weighted by Crippen LogP contribution is -2.39. The van der Waals surface area contributed by atoms with Crippen molar-refractivity contribution in [2.24, 2.45) is 5.73 Å². The fourth-order valence-corrected chi connectivity index (χ4v) is 2.09. The number of amides is 1. The molecule has 1 heterocycles. The van der Waals surface area contributed by atoms with Gasteiger partial charge in [-0.2, -0.15) is 0 Å². The standard InChI is InChI=1S/C11H16N2O2S.ClH/c1-7(5-12)13(3)11(15)10-4-9(6-16-10)8(2)14;/h4,6-7H,5,12H2,1-3H3;1H. The molecule has 1 atom stereocenters. The molecule has 4 nitrogen and oxygen atoms in total. The van der Waals surface area contributed by atoms with Gasteiger partial charge in [0.15, 0.2) is 5.78 Å². The van der Waals surface area contributed by atoms with Crippen molar-refractivity contribution in [1.29, 1.82) is 0 Å². The van der Waals surface area contributed by atoms with E-state index < -0.39 is 0 Å². The normalized spacial score (nSPS) is 11.5. The molecule has 0 aromatic carbocycles. The Kier molecular flexibility index (Phi) is 6.37. The van der Waals surface area contributed by atoms with Crippen LogP contribution in [0.5, 0.6) is 0 Å². The highest BCUT2D eigenvalue weighted by Crippen LogP contribution is 2.17. The molecule has 96 valence electrons. The van der Waals surface area contributed by atoms with E-state index in [1.807, 2.05) is 6.92 Å². The second-order valence-electron chi connectivity index (χ2n) is 3.76. The first-order chi connectivity index (χ1) is 7.47. The minimum Gasteiger partial charge on any atom is -0.337 e. The van der Waals surface area contributed by atoms with Gasteiger partial charge in [0.1, 0.15) is 0 Å². The number of ketones is 1. The maximum atomic E-state index is 12.0. The number of rotatable bonds is 4. The smallest absolute Gasteiger partial charge is 0.263 e. The molecule has 0 saturated carbocycles. The molecular formula is C11H17ClN2O2S. The molecule has 17 heavy (non-hydrogen) atoms. The number of halogens is 1. The lowest BCUT2D eigenvalue weighted by atomic mass is 10.2. The van der Waals surface area contributed by atoms with Crippen molar-refractivity contribution in [3.05, 3.63) is 21.9 Å². The van der Waals surface area contributed by atoms with Crippen molar-refractivity contribution in [3.63, 3.8) is 0 Å². The average molecular weight is 277 g/mol. The number of nitrogens with zero attached hydrogens (tertiary/aromatic N) is 1. The molecular weight excluding hydrogens is 260 g/mol. The highest BCUT2D eigenvalue weighted by molar-refractivity contribution is 7.12. The van der Waals surface area contributed by atoms with Crippen molar-refractivity contribution in [3.8, 4) is 0 Å². The van der Waals surface area contributed by atoms with Gasteiger partial charge in [-0.1, -0.05) is 0 Å². The summed E-state index contributed by atoms with van der Waals surface area (Å²) in [5.41, 5.74) is 6.08. The number of carbonyl (C=O) groups is 2. The highest BCUT2D eigenvalue weighted by atomic mass is 35.5. The zero-order valence-corrected chi connectivity index (χ0v) is 11.7. The zero-order chi connectivity index (χ0) is 12.3. The minimum atomic E-state index is -0.0875. The van der Waals surface area contributed by atoms with Crippen LogP contribution in [-0.4, -0.2) is 36.2 Å². The van der Waals surface area contributed by atoms with Crippen molar-refractivity contribution in [2.75, 3.05) is 13.6 Å². The highest BCUT2D eigenvalue weighted by Gasteiger charge is 2.18. The Hall–Kier alpha value is -0.910. The van der Waals surface area contributed by atoms with Gasteiger partial charge >= 0.3 is 0 Å². The summed E-state index contributed by atoms with van der Waals surface area (Å²) in [5.74, 6) is -0.111. The first kappa shape index (κ1) is 16.1. The van der Waals surface area contributed by atoms with Crippen LogP contribution < -0.4 is 5.73 Å². The van der Waals surface area contributed by atoms with Gasteiger partial charge in [-0.15, -0.1) is 23.7 Å². The van der Waals surface area contributed by atoms with E-state index in [0.29, 0.717) is 17.0 Å². The Morgan fingerprint density at radius 1 is 1.53 bits per heavy atom. The predicted molar refractivity (Wildman–Crippen MR) is 72.2 cm³/mol. The third-order valence-electron chi connectivity index (χ3n) is 2.54. The van der Waals surface area contributed by atoms with Crippen LogP contribution in [-0.2, 0) is 0 Å². The van der Waals surface area contributed by atoms with Gasteiger partial charge in [-0.25, -0.2) is 0 Å². The van der Waals surface area contributed by atoms with Gasteiger partial charge in [0.2, 0.25) is 0 Å². The molecule has 0 aliphatic carbocycles. The molecule has 0 aliphatic heterocycles. The van der Waals surface area contributed by atoms with Gasteiger partial charge < -0.3 is 10.6 Å². The summed E-state index contributed by atoms with van der Waals surface area (Å²) in [5, 5.41) is 1.70. The van der Waals surface area contributed by atoms with Crippen molar-refractivity contribution < 1.29 is 9.59 Å². The number of Topliss-reactive ketones (excluding diaryl/α,β-unsaturated/α-hetero) is 1. The van der Waals surface area contributed by atoms with Crippen LogP contribution in [0, 0.1) is 0 Å². The van der Waals surface area contributed by atoms with Crippen molar-refractivity contribution >= 4 is 35.4 Å². The molecule has 0 spiro atoms. The molecule has 1 aromatic heterocycles. The van der Waals surface area contributed by atoms with E-state index in [9.17, 15) is 9.59 Å². The number of thiophene rings is 1. The van der Waals surface area contributed by atoms with Crippen LogP contribution in [0.25, 0.3) is 0 Å². The van der Waals surface area contributed by atoms with Crippen LogP contribution >= 0.6 is 23.7 Å². The van der Waals surface area contributed by atoms with Crippen LogP contribution in [0.4, 0.5) is 0 Å². The summed E-state index contributed by atoms with van der Waals surface area (Å²) in [6, 6.07) is 1.63. The van der Waals surface area contributed by atoms with E-state index >= 15 is 0 Å². The second-order valence-corrected chi connectivity index (χ2v) is 4.67. The Bertz CT molecular complexity index is 406. The summed E-state index contributed by atoms with van der Waals surface area (Å²) >= 11 is 1.29.